The number of morpholine rings is 2. The first kappa shape index (κ1) is 92.8. The number of piperidine rings is 5. The van der Waals surface area contributed by atoms with Gasteiger partial charge in [-0.2, -0.15) is 0 Å². The quantitative estimate of drug-likeness (QED) is 0.238. The average molecular weight is 1350 g/mol. The molecule has 96 heavy (non-hydrogen) atoms. The highest BCUT2D eigenvalue weighted by Gasteiger charge is 2.37. The van der Waals surface area contributed by atoms with Gasteiger partial charge in [0.1, 0.15) is 0 Å². The number of aryl methyl sites for hydroxylation is 2. The summed E-state index contributed by atoms with van der Waals surface area (Å²) < 4.78 is 11.0. The monoisotopic (exact) mass is 1350 g/mol. The Morgan fingerprint density at radius 2 is 0.812 bits per heavy atom. The predicted molar refractivity (Wildman–Crippen MR) is 426 cm³/mol. The number of hydrogen-bond acceptors (Lipinski definition) is 11. The zero-order valence-electron chi connectivity index (χ0n) is 69.5. The standard InChI is InChI=1S/C11H23N.C10H19N.C10H15N.2C9H19NO.3C9H19N.C8H17N.CH4/c1-9-7-6-8-10(2)12(9)11(3,4)5;1-8(2)11-6-5-10(7-11)9-3-4-9;1-7(2)10-8(3)5-11-6-9(10)4;1-7(2)10-5-8(3)11-9(4)6-10;1-8(2)10-5-6-11-7-9(10,3)4;3*1-8(2)10-7-5-4-6-9(10)3;1-8(2)9-6-4-3-5-7-9;/h9-10H,6-8H2,1-5H3;8-10H,3-7H2,1-2H3;5-7H,1-4H3;7-9H,5-6H2,1-4H3;8H,5-7H2,1-4H3;3*8-9H,4-7H2,1-3H3;8H,3-7H2,1-2H3;1H4/t;10-;;8-,9+;;2*9-;;;/m.1...11.../s1. The molecule has 9 aliphatic rings. The summed E-state index contributed by atoms with van der Waals surface area (Å²) in [5.41, 5.74) is 4.63. The van der Waals surface area contributed by atoms with Crippen molar-refractivity contribution in [3.8, 4) is 0 Å². The molecular weight excluding hydrogens is 1180 g/mol. The van der Waals surface area contributed by atoms with E-state index in [9.17, 15) is 0 Å². The lowest BCUT2D eigenvalue weighted by molar-refractivity contribution is -0.0764. The van der Waals surface area contributed by atoms with Crippen LogP contribution in [0.15, 0.2) is 12.4 Å². The van der Waals surface area contributed by atoms with Crippen molar-refractivity contribution in [2.24, 2.45) is 11.8 Å². The summed E-state index contributed by atoms with van der Waals surface area (Å²) in [6, 6.07) is 9.10. The molecule has 0 bridgehead atoms. The maximum absolute atomic E-state index is 5.62. The predicted octanol–water partition coefficient (Wildman–Crippen LogP) is 20.3. The molecule has 0 aromatic carbocycles. The SMILES string of the molecule is C.CC(C)N1CCCCC1.CC(C)N1CCCCC1C.CC(C)N1CCCC[C@H]1C.CC(C)N1CCCC[C@H]1C.CC(C)N1CCOCC1(C)C.CC(C)N1CC[C@@H](C2CC2)C1.CC(C)N1C[C@@H](C)O[C@@H](C)C1.CC1CCCC(C)N1C(C)(C)C.Cc1cncc(C)c1C(C)C. The molecule has 1 aliphatic carbocycles. The van der Waals surface area contributed by atoms with E-state index in [0.717, 1.165) is 105 Å². The van der Waals surface area contributed by atoms with Crippen molar-refractivity contribution in [1.82, 2.24) is 44.2 Å². The first-order valence-electron chi connectivity index (χ1n) is 40.6. The van der Waals surface area contributed by atoms with Crippen molar-refractivity contribution >= 4 is 0 Å². The summed E-state index contributed by atoms with van der Waals surface area (Å²) in [6.45, 7) is 82.5. The number of likely N-dealkylation sites (tertiary alicyclic amines) is 6. The summed E-state index contributed by atoms with van der Waals surface area (Å²) >= 11 is 0. The van der Waals surface area contributed by atoms with Gasteiger partial charge in [0, 0.05) is 122 Å². The fraction of sp³-hybridized carbons (Fsp3) is 0.941. The Balaban J connectivity index is 0.000000540. The Bertz CT molecular complexity index is 1950. The molecule has 0 amide bonds. The van der Waals surface area contributed by atoms with Crippen LogP contribution in [0, 0.1) is 25.7 Å². The zero-order valence-corrected chi connectivity index (χ0v) is 69.5. The third-order valence-electron chi connectivity index (χ3n) is 22.4. The van der Waals surface area contributed by atoms with Crippen molar-refractivity contribution < 1.29 is 9.47 Å². The summed E-state index contributed by atoms with van der Waals surface area (Å²) in [7, 11) is 0. The molecule has 11 heteroatoms. The Morgan fingerprint density at radius 1 is 0.417 bits per heavy atom. The van der Waals surface area contributed by atoms with Gasteiger partial charge in [-0.05, 0) is 351 Å². The van der Waals surface area contributed by atoms with Crippen LogP contribution < -0.4 is 0 Å². The Morgan fingerprint density at radius 3 is 1.08 bits per heavy atom. The number of hydrogen-bond donors (Lipinski definition) is 0. The van der Waals surface area contributed by atoms with Crippen molar-refractivity contribution in [3.05, 3.63) is 29.1 Å². The molecule has 0 N–H and O–H groups in total. The van der Waals surface area contributed by atoms with Gasteiger partial charge in [-0.3, -0.25) is 34.4 Å². The van der Waals surface area contributed by atoms with Crippen LogP contribution >= 0.6 is 0 Å². The first-order chi connectivity index (χ1) is 44.4. The number of pyridine rings is 1. The van der Waals surface area contributed by atoms with E-state index < -0.39 is 0 Å². The molecule has 9 heterocycles. The van der Waals surface area contributed by atoms with Gasteiger partial charge in [-0.15, -0.1) is 0 Å². The van der Waals surface area contributed by atoms with Crippen LogP contribution in [0.2, 0.25) is 0 Å². The first-order valence-corrected chi connectivity index (χ1v) is 40.6. The summed E-state index contributed by atoms with van der Waals surface area (Å²) in [4.78, 5) is 24.7. The number of rotatable bonds is 9. The van der Waals surface area contributed by atoms with Crippen molar-refractivity contribution in [2.45, 2.75) is 432 Å². The van der Waals surface area contributed by atoms with Crippen LogP contribution in [0.25, 0.3) is 0 Å². The van der Waals surface area contributed by atoms with Crippen LogP contribution in [0.3, 0.4) is 0 Å². The lowest BCUT2D eigenvalue weighted by atomic mass is 9.91. The van der Waals surface area contributed by atoms with E-state index in [0.29, 0.717) is 35.7 Å². The van der Waals surface area contributed by atoms with Crippen molar-refractivity contribution in [3.63, 3.8) is 0 Å². The zero-order chi connectivity index (χ0) is 71.9. The van der Waals surface area contributed by atoms with Gasteiger partial charge in [0.25, 0.3) is 0 Å². The molecule has 8 aliphatic heterocycles. The van der Waals surface area contributed by atoms with Gasteiger partial charge >= 0.3 is 0 Å². The van der Waals surface area contributed by atoms with Gasteiger partial charge in [0.15, 0.2) is 0 Å². The van der Waals surface area contributed by atoms with Crippen molar-refractivity contribution in [1.29, 1.82) is 0 Å². The lowest BCUT2D eigenvalue weighted by Gasteiger charge is -2.47. The molecule has 0 radical (unpaired) electrons. The second kappa shape index (κ2) is 47.9. The average Bonchev–Trinajstić information content (AvgIpc) is 1.18. The second-order valence-electron chi connectivity index (χ2n) is 35.2. The highest BCUT2D eigenvalue weighted by Crippen LogP contribution is 2.41. The normalized spacial score (nSPS) is 27.6. The molecular formula is C85H173N9O2. The van der Waals surface area contributed by atoms with Gasteiger partial charge in [-0.25, -0.2) is 0 Å². The highest BCUT2D eigenvalue weighted by atomic mass is 16.5. The van der Waals surface area contributed by atoms with Gasteiger partial charge < -0.3 is 19.3 Å². The van der Waals surface area contributed by atoms with Crippen LogP contribution in [0.4, 0.5) is 0 Å². The minimum absolute atomic E-state index is 0. The van der Waals surface area contributed by atoms with E-state index in [1.165, 1.54) is 178 Å². The Kier molecular flexibility index (Phi) is 46.3. The van der Waals surface area contributed by atoms with Crippen LogP contribution in [-0.4, -0.2) is 219 Å². The fourth-order valence-electron chi connectivity index (χ4n) is 17.2. The highest BCUT2D eigenvalue weighted by molar-refractivity contribution is 5.32. The molecule has 1 aromatic rings. The molecule has 3 unspecified atom stereocenters. The Labute approximate surface area is 602 Å². The minimum Gasteiger partial charge on any atom is -0.378 e. The lowest BCUT2D eigenvalue weighted by Crippen LogP contribution is -2.55. The molecule has 1 aromatic heterocycles. The van der Waals surface area contributed by atoms with Gasteiger partial charge in [-0.1, -0.05) is 53.4 Å². The van der Waals surface area contributed by atoms with E-state index >= 15 is 0 Å². The topological polar surface area (TPSA) is 57.3 Å². The molecule has 8 saturated heterocycles. The second-order valence-corrected chi connectivity index (χ2v) is 35.2. The maximum atomic E-state index is 5.62. The fourth-order valence-corrected chi connectivity index (χ4v) is 17.2. The van der Waals surface area contributed by atoms with Crippen LogP contribution in [0.5, 0.6) is 0 Å². The van der Waals surface area contributed by atoms with E-state index in [-0.39, 0.29) is 13.0 Å². The van der Waals surface area contributed by atoms with Crippen LogP contribution in [0.1, 0.15) is 339 Å². The largest absolute Gasteiger partial charge is 0.378 e. The van der Waals surface area contributed by atoms with Crippen LogP contribution in [-0.2, 0) is 9.47 Å². The molecule has 0 spiro atoms. The van der Waals surface area contributed by atoms with Gasteiger partial charge in [0.05, 0.1) is 25.4 Å². The molecule has 8 atom stereocenters. The molecule has 10 rings (SSSR count). The summed E-state index contributed by atoms with van der Waals surface area (Å²) in [5.74, 6) is 2.80. The summed E-state index contributed by atoms with van der Waals surface area (Å²) in [5, 5.41) is 0. The van der Waals surface area contributed by atoms with Gasteiger partial charge in [0.2, 0.25) is 0 Å². The maximum Gasteiger partial charge on any atom is 0.0678 e. The minimum atomic E-state index is 0. The van der Waals surface area contributed by atoms with E-state index in [2.05, 4.69) is 252 Å². The van der Waals surface area contributed by atoms with E-state index in [4.69, 9.17) is 9.47 Å². The van der Waals surface area contributed by atoms with E-state index in [1.54, 1.807) is 0 Å². The third kappa shape index (κ3) is 35.8. The molecule has 1 saturated carbocycles. The Hall–Kier alpha value is -1.25. The third-order valence-corrected chi connectivity index (χ3v) is 22.4. The molecule has 570 valence electrons. The number of aromatic nitrogens is 1. The molecule has 9 fully saturated rings. The summed E-state index contributed by atoms with van der Waals surface area (Å²) in [6.07, 6.45) is 30.4. The van der Waals surface area contributed by atoms with E-state index in [1.807, 2.05) is 12.4 Å². The van der Waals surface area contributed by atoms with Crippen molar-refractivity contribution in [2.75, 3.05) is 78.7 Å². The number of nitrogens with zero attached hydrogens (tertiary/aromatic N) is 9. The molecule has 11 nitrogen and oxygen atoms in total. The smallest absolute Gasteiger partial charge is 0.0678 e. The number of ether oxygens (including phenoxy) is 2.